The molecule has 0 aliphatic carbocycles. The van der Waals surface area contributed by atoms with Gasteiger partial charge in [-0.3, -0.25) is 15.4 Å². The number of anilines is 1. The van der Waals surface area contributed by atoms with Gasteiger partial charge in [0.2, 0.25) is 0 Å². The smallest absolute Gasteiger partial charge is 0.449 e. The van der Waals surface area contributed by atoms with Gasteiger partial charge in [-0.15, -0.1) is 0 Å². The third kappa shape index (κ3) is 4.90. The molecule has 4 heterocycles. The summed E-state index contributed by atoms with van der Waals surface area (Å²) in [4.78, 5) is 36.0. The van der Waals surface area contributed by atoms with E-state index in [1.165, 1.54) is 7.11 Å². The molecule has 0 atom stereocenters. The molecule has 5 aromatic rings. The Morgan fingerprint density at radius 2 is 1.82 bits per heavy atom. The number of methoxy groups -OCH3 is 1. The van der Waals surface area contributed by atoms with E-state index >= 15 is 0 Å². The number of hydrazine groups is 1. The van der Waals surface area contributed by atoms with E-state index in [9.17, 15) is 4.79 Å². The number of fused-ring (bicyclic) bond motifs is 1. The highest BCUT2D eigenvalue weighted by molar-refractivity contribution is 6.02. The molecule has 3 aromatic heterocycles. The van der Waals surface area contributed by atoms with Gasteiger partial charge in [-0.1, -0.05) is 48.5 Å². The summed E-state index contributed by atoms with van der Waals surface area (Å²) in [6.07, 6.45) is 5.96. The average Bonchev–Trinajstić information content (AvgIpc) is 3.51. The number of nitrogens with one attached hydrogen (secondary N) is 2. The van der Waals surface area contributed by atoms with Crippen LogP contribution in [0.1, 0.15) is 11.3 Å². The van der Waals surface area contributed by atoms with E-state index in [1.807, 2.05) is 54.6 Å². The normalized spacial score (nSPS) is 12.4. The van der Waals surface area contributed by atoms with E-state index in [4.69, 9.17) is 14.8 Å². The van der Waals surface area contributed by atoms with E-state index in [0.29, 0.717) is 35.1 Å². The molecule has 1 amide bonds. The number of ether oxygens (including phenoxy) is 1. The topological polar surface area (TPSA) is 114 Å². The molecule has 0 saturated carbocycles. The number of carbonyl (C=O) groups is 1. The van der Waals surface area contributed by atoms with Crippen LogP contribution < -0.4 is 10.7 Å². The number of amides is 1. The number of rotatable bonds is 6. The first-order valence-corrected chi connectivity index (χ1v) is 12.2. The maximum atomic E-state index is 11.8. The molecule has 39 heavy (non-hydrogen) atoms. The van der Waals surface area contributed by atoms with Crippen molar-refractivity contribution in [1.82, 2.24) is 30.5 Å². The van der Waals surface area contributed by atoms with Crippen molar-refractivity contribution in [1.29, 1.82) is 0 Å². The third-order valence-corrected chi connectivity index (χ3v) is 6.10. The molecule has 6 rings (SSSR count). The van der Waals surface area contributed by atoms with Crippen LogP contribution in [0.4, 0.5) is 10.6 Å². The SMILES string of the molecule is COC(=O)N1NC=C(c2cncc(-c3nc(NCc4ccccn4)c4c(-c5ccccc5)cccc4n3)c2)O1. The Labute approximate surface area is 223 Å². The predicted molar refractivity (Wildman–Crippen MR) is 146 cm³/mol. The number of carbonyl (C=O) groups excluding carboxylic acids is 1. The second-order valence-electron chi connectivity index (χ2n) is 8.59. The minimum atomic E-state index is -0.680. The van der Waals surface area contributed by atoms with Crippen LogP contribution in [-0.4, -0.2) is 38.3 Å². The maximum absolute atomic E-state index is 11.8. The van der Waals surface area contributed by atoms with Crippen LogP contribution in [0.25, 0.3) is 39.2 Å². The van der Waals surface area contributed by atoms with Gasteiger partial charge in [-0.2, -0.15) is 0 Å². The lowest BCUT2D eigenvalue weighted by Gasteiger charge is -2.15. The highest BCUT2D eigenvalue weighted by atomic mass is 16.8. The Morgan fingerprint density at radius 3 is 2.64 bits per heavy atom. The van der Waals surface area contributed by atoms with Gasteiger partial charge in [0.05, 0.1) is 36.5 Å². The van der Waals surface area contributed by atoms with Crippen molar-refractivity contribution in [3.8, 4) is 22.5 Å². The number of nitrogens with zero attached hydrogens (tertiary/aromatic N) is 5. The van der Waals surface area contributed by atoms with Crippen LogP contribution in [0.15, 0.2) is 97.6 Å². The van der Waals surface area contributed by atoms with E-state index in [1.54, 1.807) is 24.8 Å². The van der Waals surface area contributed by atoms with Crippen LogP contribution in [0.3, 0.4) is 0 Å². The molecule has 0 bridgehead atoms. The summed E-state index contributed by atoms with van der Waals surface area (Å²) in [5.41, 5.74) is 7.78. The lowest BCUT2D eigenvalue weighted by atomic mass is 10.0. The monoisotopic (exact) mass is 517 g/mol. The zero-order valence-corrected chi connectivity index (χ0v) is 20.9. The van der Waals surface area contributed by atoms with Crippen LogP contribution in [0.2, 0.25) is 0 Å². The molecular weight excluding hydrogens is 494 g/mol. The van der Waals surface area contributed by atoms with Crippen molar-refractivity contribution in [2.24, 2.45) is 0 Å². The van der Waals surface area contributed by atoms with Gasteiger partial charge >= 0.3 is 6.09 Å². The summed E-state index contributed by atoms with van der Waals surface area (Å²) in [5.74, 6) is 1.57. The van der Waals surface area contributed by atoms with Gasteiger partial charge in [-0.25, -0.2) is 14.8 Å². The molecule has 10 heteroatoms. The van der Waals surface area contributed by atoms with Crippen LogP contribution in [0, 0.1) is 0 Å². The number of hydrogen-bond donors (Lipinski definition) is 2. The molecule has 0 spiro atoms. The van der Waals surface area contributed by atoms with Gasteiger partial charge in [0.15, 0.2) is 11.6 Å². The Morgan fingerprint density at radius 1 is 0.974 bits per heavy atom. The summed E-state index contributed by atoms with van der Waals surface area (Å²) in [5, 5.41) is 5.28. The molecule has 1 aliphatic rings. The summed E-state index contributed by atoms with van der Waals surface area (Å²) in [6, 6.07) is 23.8. The van der Waals surface area contributed by atoms with Crippen molar-refractivity contribution < 1.29 is 14.4 Å². The number of hydrogen-bond acceptors (Lipinski definition) is 9. The molecule has 2 aromatic carbocycles. The molecule has 0 saturated heterocycles. The van der Waals surface area contributed by atoms with Crippen molar-refractivity contribution in [3.05, 3.63) is 109 Å². The molecular formula is C29H23N7O3. The lowest BCUT2D eigenvalue weighted by Crippen LogP contribution is -2.34. The Balaban J connectivity index is 1.42. The van der Waals surface area contributed by atoms with Crippen molar-refractivity contribution in [2.75, 3.05) is 12.4 Å². The summed E-state index contributed by atoms with van der Waals surface area (Å²) in [7, 11) is 1.27. The largest absolute Gasteiger partial charge is 0.463 e. The lowest BCUT2D eigenvalue weighted by molar-refractivity contribution is -0.0770. The standard InChI is InChI=1S/C29H23N7O3/c1-38-29(37)36-33-18-25(39-36)20-14-21(16-30-15-20)27-34-24-12-7-11-23(19-8-3-2-4-9-19)26(24)28(35-27)32-17-22-10-5-6-13-31-22/h2-16,18,33H,17H2,1H3,(H,32,34,35). The fraction of sp³-hybridized carbons (Fsp3) is 0.0690. The first-order chi connectivity index (χ1) is 19.2. The summed E-state index contributed by atoms with van der Waals surface area (Å²) >= 11 is 0. The van der Waals surface area contributed by atoms with Crippen LogP contribution in [-0.2, 0) is 16.1 Å². The van der Waals surface area contributed by atoms with Gasteiger partial charge < -0.3 is 14.9 Å². The molecule has 0 fully saturated rings. The fourth-order valence-electron chi connectivity index (χ4n) is 4.25. The van der Waals surface area contributed by atoms with Crippen molar-refractivity contribution in [3.63, 3.8) is 0 Å². The predicted octanol–water partition coefficient (Wildman–Crippen LogP) is 5.18. The molecule has 2 N–H and O–H groups in total. The van der Waals surface area contributed by atoms with Gasteiger partial charge in [0, 0.05) is 29.7 Å². The molecule has 192 valence electrons. The van der Waals surface area contributed by atoms with Gasteiger partial charge in [0.25, 0.3) is 0 Å². The van der Waals surface area contributed by atoms with Crippen LogP contribution >= 0.6 is 0 Å². The number of hydroxylamine groups is 1. The minimum Gasteiger partial charge on any atom is -0.449 e. The first kappa shape index (κ1) is 23.9. The highest BCUT2D eigenvalue weighted by Crippen LogP contribution is 2.34. The quantitative estimate of drug-likeness (QED) is 0.314. The highest BCUT2D eigenvalue weighted by Gasteiger charge is 2.24. The second-order valence-corrected chi connectivity index (χ2v) is 8.59. The molecule has 0 unspecified atom stereocenters. The van der Waals surface area contributed by atoms with Gasteiger partial charge in [0.1, 0.15) is 5.82 Å². The van der Waals surface area contributed by atoms with Crippen molar-refractivity contribution >= 4 is 28.6 Å². The Kier molecular flexibility index (Phi) is 6.40. The first-order valence-electron chi connectivity index (χ1n) is 12.2. The summed E-state index contributed by atoms with van der Waals surface area (Å²) in [6.45, 7) is 0.490. The summed E-state index contributed by atoms with van der Waals surface area (Å²) < 4.78 is 4.68. The number of pyridine rings is 2. The van der Waals surface area contributed by atoms with E-state index in [0.717, 1.165) is 32.9 Å². The Hall–Kier alpha value is -5.51. The van der Waals surface area contributed by atoms with Gasteiger partial charge in [-0.05, 0) is 40.6 Å². The fourth-order valence-corrected chi connectivity index (χ4v) is 4.25. The zero-order valence-electron chi connectivity index (χ0n) is 20.9. The van der Waals surface area contributed by atoms with E-state index in [2.05, 4.69) is 43.6 Å². The van der Waals surface area contributed by atoms with Crippen molar-refractivity contribution in [2.45, 2.75) is 6.54 Å². The molecule has 0 radical (unpaired) electrons. The Bertz CT molecular complexity index is 1680. The average molecular weight is 518 g/mol. The number of aromatic nitrogens is 4. The number of benzene rings is 2. The van der Waals surface area contributed by atoms with E-state index in [-0.39, 0.29) is 0 Å². The van der Waals surface area contributed by atoms with Crippen LogP contribution in [0.5, 0.6) is 0 Å². The molecule has 1 aliphatic heterocycles. The maximum Gasteiger partial charge on any atom is 0.463 e. The minimum absolute atomic E-state index is 0.399. The third-order valence-electron chi connectivity index (χ3n) is 6.10. The molecule has 10 nitrogen and oxygen atoms in total. The van der Waals surface area contributed by atoms with E-state index < -0.39 is 6.09 Å². The zero-order chi connectivity index (χ0) is 26.6. The second kappa shape index (κ2) is 10.5.